The first kappa shape index (κ1) is 14.8. The average molecular weight is 277 g/mol. The van der Waals surface area contributed by atoms with Gasteiger partial charge in [0.2, 0.25) is 0 Å². The summed E-state index contributed by atoms with van der Waals surface area (Å²) in [7, 11) is 1.82. The number of aromatic nitrogens is 1. The van der Waals surface area contributed by atoms with E-state index in [0.29, 0.717) is 25.3 Å². The number of aryl methyl sites for hydroxylation is 1. The van der Waals surface area contributed by atoms with Gasteiger partial charge in [0.05, 0.1) is 19.3 Å². The van der Waals surface area contributed by atoms with Crippen LogP contribution in [0.5, 0.6) is 0 Å². The molecule has 1 aromatic heterocycles. The molecule has 2 rings (SSSR count). The number of rotatable bonds is 4. The Morgan fingerprint density at radius 2 is 2.35 bits per heavy atom. The molecule has 0 aliphatic carbocycles. The van der Waals surface area contributed by atoms with Crippen molar-refractivity contribution < 1.29 is 9.53 Å². The molecule has 1 aliphatic rings. The minimum atomic E-state index is 0.0667. The topological polar surface area (TPSA) is 54.5 Å². The van der Waals surface area contributed by atoms with Crippen LogP contribution in [0.2, 0.25) is 0 Å². The third kappa shape index (κ3) is 3.28. The molecule has 0 saturated carbocycles. The van der Waals surface area contributed by atoms with Gasteiger partial charge in [-0.3, -0.25) is 4.79 Å². The Kier molecular flexibility index (Phi) is 4.95. The number of carbonyl (C=O) groups excluding carboxylic acids is 1. The highest BCUT2D eigenvalue weighted by Gasteiger charge is 2.25. The van der Waals surface area contributed by atoms with E-state index in [1.807, 2.05) is 31.0 Å². The van der Waals surface area contributed by atoms with Crippen LogP contribution in [-0.4, -0.2) is 48.6 Å². The van der Waals surface area contributed by atoms with E-state index in [4.69, 9.17) is 4.74 Å². The number of amides is 1. The number of ether oxygens (including phenoxy) is 1. The lowest BCUT2D eigenvalue weighted by molar-refractivity contribution is 0.00358. The van der Waals surface area contributed by atoms with Crippen LogP contribution in [0, 0.1) is 0 Å². The molecule has 0 bridgehead atoms. The molecule has 5 nitrogen and oxygen atoms in total. The van der Waals surface area contributed by atoms with Crippen molar-refractivity contribution in [3.8, 4) is 0 Å². The van der Waals surface area contributed by atoms with Gasteiger partial charge >= 0.3 is 0 Å². The molecule has 0 radical (unpaired) electrons. The van der Waals surface area contributed by atoms with Crippen molar-refractivity contribution in [2.45, 2.75) is 32.7 Å². The number of anilines is 1. The highest BCUT2D eigenvalue weighted by molar-refractivity contribution is 5.95. The largest absolute Gasteiger partial charge is 0.377 e. The normalized spacial score (nSPS) is 18.9. The summed E-state index contributed by atoms with van der Waals surface area (Å²) in [5.74, 6) is 0.817. The lowest BCUT2D eigenvalue weighted by atomic mass is 10.1. The minimum absolute atomic E-state index is 0.0667. The van der Waals surface area contributed by atoms with Crippen LogP contribution in [-0.2, 0) is 11.2 Å². The van der Waals surface area contributed by atoms with Crippen LogP contribution in [0.25, 0.3) is 0 Å². The Morgan fingerprint density at radius 3 is 3.00 bits per heavy atom. The number of pyridine rings is 1. The fourth-order valence-corrected chi connectivity index (χ4v) is 2.42. The maximum Gasteiger partial charge on any atom is 0.254 e. The number of hydrogen-bond donors (Lipinski definition) is 1. The van der Waals surface area contributed by atoms with Crippen molar-refractivity contribution in [1.29, 1.82) is 0 Å². The van der Waals surface area contributed by atoms with Crippen LogP contribution >= 0.6 is 0 Å². The molecule has 1 unspecified atom stereocenters. The summed E-state index contributed by atoms with van der Waals surface area (Å²) in [6, 6.07) is 3.86. The smallest absolute Gasteiger partial charge is 0.254 e. The standard InChI is InChI=1S/C15H23N3O2/c1-4-5-13-8-12(9-14(16-3)17-13)15(19)18-6-7-20-10-11(18)2/h8-9,11H,4-7,10H2,1-3H3,(H,16,17). The van der Waals surface area contributed by atoms with E-state index in [2.05, 4.69) is 17.2 Å². The van der Waals surface area contributed by atoms with Crippen molar-refractivity contribution in [3.63, 3.8) is 0 Å². The van der Waals surface area contributed by atoms with E-state index in [1.165, 1.54) is 0 Å². The first-order valence-electron chi connectivity index (χ1n) is 7.23. The third-order valence-corrected chi connectivity index (χ3v) is 3.52. The van der Waals surface area contributed by atoms with Crippen molar-refractivity contribution in [1.82, 2.24) is 9.88 Å². The van der Waals surface area contributed by atoms with Crippen LogP contribution < -0.4 is 5.32 Å². The molecular weight excluding hydrogens is 254 g/mol. The van der Waals surface area contributed by atoms with E-state index in [1.54, 1.807) is 0 Å². The Balaban J connectivity index is 2.25. The molecule has 1 saturated heterocycles. The molecule has 1 amide bonds. The summed E-state index contributed by atoms with van der Waals surface area (Å²) in [6.07, 6.45) is 1.90. The number of carbonyl (C=O) groups is 1. The molecule has 20 heavy (non-hydrogen) atoms. The fourth-order valence-electron chi connectivity index (χ4n) is 2.42. The predicted molar refractivity (Wildman–Crippen MR) is 79.1 cm³/mol. The molecule has 0 aromatic carbocycles. The van der Waals surface area contributed by atoms with Crippen LogP contribution in [0.1, 0.15) is 36.3 Å². The van der Waals surface area contributed by atoms with E-state index >= 15 is 0 Å². The number of nitrogens with zero attached hydrogens (tertiary/aromatic N) is 2. The molecule has 110 valence electrons. The third-order valence-electron chi connectivity index (χ3n) is 3.52. The zero-order chi connectivity index (χ0) is 14.5. The fraction of sp³-hybridized carbons (Fsp3) is 0.600. The first-order valence-corrected chi connectivity index (χ1v) is 7.23. The zero-order valence-electron chi connectivity index (χ0n) is 12.5. The molecule has 1 atom stereocenters. The van der Waals surface area contributed by atoms with E-state index < -0.39 is 0 Å². The minimum Gasteiger partial charge on any atom is -0.377 e. The number of hydrogen-bond acceptors (Lipinski definition) is 4. The van der Waals surface area contributed by atoms with E-state index in [0.717, 1.165) is 24.4 Å². The summed E-state index contributed by atoms with van der Waals surface area (Å²) in [4.78, 5) is 19.0. The molecule has 5 heteroatoms. The van der Waals surface area contributed by atoms with E-state index in [-0.39, 0.29) is 11.9 Å². The molecule has 1 aromatic rings. The second-order valence-electron chi connectivity index (χ2n) is 5.15. The van der Waals surface area contributed by atoms with Crippen molar-refractivity contribution in [3.05, 3.63) is 23.4 Å². The van der Waals surface area contributed by atoms with Gasteiger partial charge in [0.25, 0.3) is 5.91 Å². The number of nitrogens with one attached hydrogen (secondary N) is 1. The van der Waals surface area contributed by atoms with Crippen molar-refractivity contribution in [2.24, 2.45) is 0 Å². The van der Waals surface area contributed by atoms with Gasteiger partial charge in [0, 0.05) is 24.8 Å². The first-order chi connectivity index (χ1) is 9.65. The Hall–Kier alpha value is -1.62. The Bertz CT molecular complexity index is 476. The van der Waals surface area contributed by atoms with Gasteiger partial charge in [-0.1, -0.05) is 13.3 Å². The lowest BCUT2D eigenvalue weighted by Gasteiger charge is -2.33. The lowest BCUT2D eigenvalue weighted by Crippen LogP contribution is -2.47. The summed E-state index contributed by atoms with van der Waals surface area (Å²) < 4.78 is 5.39. The second kappa shape index (κ2) is 6.70. The van der Waals surface area contributed by atoms with Gasteiger partial charge in [0.1, 0.15) is 5.82 Å². The maximum atomic E-state index is 12.6. The van der Waals surface area contributed by atoms with E-state index in [9.17, 15) is 4.79 Å². The zero-order valence-corrected chi connectivity index (χ0v) is 12.5. The molecular formula is C15H23N3O2. The van der Waals surface area contributed by atoms with Crippen molar-refractivity contribution in [2.75, 3.05) is 32.1 Å². The van der Waals surface area contributed by atoms with Crippen molar-refractivity contribution >= 4 is 11.7 Å². The van der Waals surface area contributed by atoms with Gasteiger partial charge in [-0.25, -0.2) is 4.98 Å². The number of morpholine rings is 1. The van der Waals surface area contributed by atoms with Crippen LogP contribution in [0.3, 0.4) is 0 Å². The molecule has 0 spiro atoms. The van der Waals surface area contributed by atoms with Gasteiger partial charge in [-0.05, 0) is 25.5 Å². The summed E-state index contributed by atoms with van der Waals surface area (Å²) in [6.45, 7) is 6.00. The van der Waals surface area contributed by atoms with Gasteiger partial charge in [0.15, 0.2) is 0 Å². The molecule has 2 heterocycles. The SMILES string of the molecule is CCCc1cc(C(=O)N2CCOCC2C)cc(NC)n1. The molecule has 1 N–H and O–H groups in total. The molecule has 1 aliphatic heterocycles. The predicted octanol–water partition coefficient (Wildman–Crippen LogP) is 1.94. The summed E-state index contributed by atoms with van der Waals surface area (Å²) in [5, 5.41) is 3.03. The highest BCUT2D eigenvalue weighted by Crippen LogP contribution is 2.17. The average Bonchev–Trinajstić information content (AvgIpc) is 2.47. The van der Waals surface area contributed by atoms with Gasteiger partial charge in [-0.15, -0.1) is 0 Å². The summed E-state index contributed by atoms with van der Waals surface area (Å²) >= 11 is 0. The Labute approximate surface area is 120 Å². The Morgan fingerprint density at radius 1 is 1.55 bits per heavy atom. The van der Waals surface area contributed by atoms with Gasteiger partial charge < -0.3 is 15.0 Å². The van der Waals surface area contributed by atoms with Gasteiger partial charge in [-0.2, -0.15) is 0 Å². The second-order valence-corrected chi connectivity index (χ2v) is 5.15. The highest BCUT2D eigenvalue weighted by atomic mass is 16.5. The molecule has 1 fully saturated rings. The quantitative estimate of drug-likeness (QED) is 0.914. The summed E-state index contributed by atoms with van der Waals surface area (Å²) in [5.41, 5.74) is 1.67. The van der Waals surface area contributed by atoms with Crippen LogP contribution in [0.4, 0.5) is 5.82 Å². The van der Waals surface area contributed by atoms with Crippen LogP contribution in [0.15, 0.2) is 12.1 Å². The monoisotopic (exact) mass is 277 g/mol. The maximum absolute atomic E-state index is 12.6.